The Morgan fingerprint density at radius 1 is 1.38 bits per heavy atom. The molecule has 0 amide bonds. The molecule has 0 aliphatic carbocycles. The van der Waals surface area contributed by atoms with Crippen molar-refractivity contribution in [2.45, 2.75) is 20.4 Å². The molecule has 5 nitrogen and oxygen atoms in total. The Labute approximate surface area is 180 Å². The number of benzene rings is 1. The van der Waals surface area contributed by atoms with Crippen molar-refractivity contribution in [3.63, 3.8) is 0 Å². The molecule has 1 aromatic rings. The molecule has 0 aromatic heterocycles. The van der Waals surface area contributed by atoms with Crippen LogP contribution in [0.2, 0.25) is 5.02 Å². The molecule has 7 heteroatoms. The lowest BCUT2D eigenvalue weighted by Crippen LogP contribution is -2.40. The summed E-state index contributed by atoms with van der Waals surface area (Å²) in [4.78, 5) is 9.45. The van der Waals surface area contributed by atoms with Crippen molar-refractivity contribution < 1.29 is 4.74 Å². The highest BCUT2D eigenvalue weighted by molar-refractivity contribution is 14.0. The molecule has 26 heavy (non-hydrogen) atoms. The number of hydrogen-bond acceptors (Lipinski definition) is 3. The minimum absolute atomic E-state index is 0. The summed E-state index contributed by atoms with van der Waals surface area (Å²) in [6, 6.07) is 7.98. The molecule has 0 saturated carbocycles. The summed E-state index contributed by atoms with van der Waals surface area (Å²) in [5.41, 5.74) is 1.18. The molecule has 1 aliphatic heterocycles. The fourth-order valence-corrected chi connectivity index (χ4v) is 3.19. The van der Waals surface area contributed by atoms with E-state index in [1.54, 1.807) is 0 Å². The van der Waals surface area contributed by atoms with Crippen LogP contribution in [0.25, 0.3) is 0 Å². The normalized spacial score (nSPS) is 16.7. The Hall–Kier alpha value is -0.570. The maximum Gasteiger partial charge on any atom is 0.193 e. The first kappa shape index (κ1) is 23.5. The fraction of sp³-hybridized carbons (Fsp3) is 0.632. The molecule has 1 heterocycles. The van der Waals surface area contributed by atoms with Crippen molar-refractivity contribution in [1.29, 1.82) is 0 Å². The third-order valence-corrected chi connectivity index (χ3v) is 4.47. The van der Waals surface area contributed by atoms with E-state index < -0.39 is 0 Å². The Balaban J connectivity index is 0.00000338. The molecule has 1 aromatic carbocycles. The van der Waals surface area contributed by atoms with E-state index in [0.717, 1.165) is 63.5 Å². The predicted octanol–water partition coefficient (Wildman–Crippen LogP) is 3.32. The summed E-state index contributed by atoms with van der Waals surface area (Å²) in [7, 11) is 2.06. The van der Waals surface area contributed by atoms with Crippen molar-refractivity contribution >= 4 is 41.5 Å². The summed E-state index contributed by atoms with van der Waals surface area (Å²) in [5.74, 6) is 1.46. The SMILES string of the molecule is CCNC(=NCC(C)CN1CCOCC1)N(C)Cc1cccc(Cl)c1.I. The number of halogens is 2. The van der Waals surface area contributed by atoms with Crippen molar-refractivity contribution in [3.8, 4) is 0 Å². The molecule has 1 atom stereocenters. The Morgan fingerprint density at radius 2 is 2.12 bits per heavy atom. The Kier molecular flexibility index (Phi) is 11.5. The number of morpholine rings is 1. The van der Waals surface area contributed by atoms with Gasteiger partial charge in [-0.3, -0.25) is 9.89 Å². The van der Waals surface area contributed by atoms with E-state index in [-0.39, 0.29) is 24.0 Å². The minimum atomic E-state index is 0. The first-order valence-corrected chi connectivity index (χ1v) is 9.50. The van der Waals surface area contributed by atoms with Gasteiger partial charge < -0.3 is 15.0 Å². The summed E-state index contributed by atoms with van der Waals surface area (Å²) >= 11 is 6.09. The van der Waals surface area contributed by atoms with Crippen LogP contribution < -0.4 is 5.32 Å². The molecule has 148 valence electrons. The third-order valence-electron chi connectivity index (χ3n) is 4.23. The van der Waals surface area contributed by atoms with Crippen LogP contribution in [0, 0.1) is 5.92 Å². The van der Waals surface area contributed by atoms with E-state index in [9.17, 15) is 0 Å². The topological polar surface area (TPSA) is 40.1 Å². The standard InChI is InChI=1S/C19H31ClN4O.HI/c1-4-21-19(23(3)15-17-6-5-7-18(20)12-17)22-13-16(2)14-24-8-10-25-11-9-24;/h5-7,12,16H,4,8-11,13-15H2,1-3H3,(H,21,22);1H. The monoisotopic (exact) mass is 494 g/mol. The summed E-state index contributed by atoms with van der Waals surface area (Å²) in [5, 5.41) is 4.16. The van der Waals surface area contributed by atoms with Crippen LogP contribution in [-0.4, -0.2) is 68.7 Å². The molecule has 1 saturated heterocycles. The van der Waals surface area contributed by atoms with E-state index in [0.29, 0.717) is 5.92 Å². The average molecular weight is 495 g/mol. The lowest BCUT2D eigenvalue weighted by molar-refractivity contribution is 0.0323. The first-order valence-electron chi connectivity index (χ1n) is 9.12. The van der Waals surface area contributed by atoms with Crippen LogP contribution in [0.3, 0.4) is 0 Å². The van der Waals surface area contributed by atoms with Gasteiger partial charge in [-0.05, 0) is 30.5 Å². The predicted molar refractivity (Wildman–Crippen MR) is 121 cm³/mol. The molecule has 1 fully saturated rings. The summed E-state index contributed by atoms with van der Waals surface area (Å²) < 4.78 is 5.41. The van der Waals surface area contributed by atoms with Gasteiger partial charge in [-0.25, -0.2) is 0 Å². The largest absolute Gasteiger partial charge is 0.379 e. The molecule has 1 N–H and O–H groups in total. The highest BCUT2D eigenvalue weighted by Gasteiger charge is 2.14. The highest BCUT2D eigenvalue weighted by atomic mass is 127. The van der Waals surface area contributed by atoms with Crippen LogP contribution in [0.15, 0.2) is 29.3 Å². The van der Waals surface area contributed by atoms with Crippen molar-refractivity contribution in [3.05, 3.63) is 34.9 Å². The van der Waals surface area contributed by atoms with Gasteiger partial charge >= 0.3 is 0 Å². The van der Waals surface area contributed by atoms with Gasteiger partial charge in [0.2, 0.25) is 0 Å². The first-order chi connectivity index (χ1) is 12.1. The maximum absolute atomic E-state index is 6.09. The number of aliphatic imine (C=N–C) groups is 1. The molecule has 0 spiro atoms. The maximum atomic E-state index is 6.09. The van der Waals surface area contributed by atoms with E-state index in [1.807, 2.05) is 18.2 Å². The van der Waals surface area contributed by atoms with Gasteiger partial charge in [-0.2, -0.15) is 0 Å². The van der Waals surface area contributed by atoms with E-state index in [1.165, 1.54) is 5.56 Å². The van der Waals surface area contributed by atoms with E-state index in [2.05, 4.69) is 42.1 Å². The Bertz CT molecular complexity index is 552. The van der Waals surface area contributed by atoms with Crippen LogP contribution in [0.5, 0.6) is 0 Å². The lowest BCUT2D eigenvalue weighted by Gasteiger charge is -2.29. The van der Waals surface area contributed by atoms with Crippen LogP contribution in [0.1, 0.15) is 19.4 Å². The number of guanidine groups is 1. The number of hydrogen-bond donors (Lipinski definition) is 1. The summed E-state index contributed by atoms with van der Waals surface area (Å²) in [6.45, 7) is 11.7. The Morgan fingerprint density at radius 3 is 2.77 bits per heavy atom. The van der Waals surface area contributed by atoms with Gasteiger partial charge in [0.25, 0.3) is 0 Å². The number of rotatable bonds is 7. The third kappa shape index (κ3) is 8.41. The van der Waals surface area contributed by atoms with Gasteiger partial charge in [0.1, 0.15) is 0 Å². The van der Waals surface area contributed by atoms with Gasteiger partial charge in [0.15, 0.2) is 5.96 Å². The molecule has 0 radical (unpaired) electrons. The van der Waals surface area contributed by atoms with Crippen LogP contribution in [0.4, 0.5) is 0 Å². The van der Waals surface area contributed by atoms with Gasteiger partial charge in [-0.15, -0.1) is 24.0 Å². The van der Waals surface area contributed by atoms with Crippen molar-refractivity contribution in [1.82, 2.24) is 15.1 Å². The molecular formula is C19H32ClIN4O. The number of nitrogens with zero attached hydrogens (tertiary/aromatic N) is 3. The van der Waals surface area contributed by atoms with Gasteiger partial charge in [0.05, 0.1) is 13.2 Å². The highest BCUT2D eigenvalue weighted by Crippen LogP contribution is 2.12. The van der Waals surface area contributed by atoms with Crippen molar-refractivity contribution in [2.24, 2.45) is 10.9 Å². The molecule has 2 rings (SSSR count). The lowest BCUT2D eigenvalue weighted by atomic mass is 10.1. The molecular weight excluding hydrogens is 463 g/mol. The molecule has 1 aliphatic rings. The minimum Gasteiger partial charge on any atom is -0.379 e. The van der Waals surface area contributed by atoms with E-state index >= 15 is 0 Å². The quantitative estimate of drug-likeness (QED) is 0.359. The molecule has 1 unspecified atom stereocenters. The van der Waals surface area contributed by atoms with Gasteiger partial charge in [0, 0.05) is 51.3 Å². The zero-order valence-corrected chi connectivity index (χ0v) is 19.2. The second-order valence-electron chi connectivity index (χ2n) is 6.70. The van der Waals surface area contributed by atoms with Crippen LogP contribution in [-0.2, 0) is 11.3 Å². The number of nitrogens with one attached hydrogen (secondary N) is 1. The zero-order valence-electron chi connectivity index (χ0n) is 16.1. The van der Waals surface area contributed by atoms with Gasteiger partial charge in [-0.1, -0.05) is 30.7 Å². The number of ether oxygens (including phenoxy) is 1. The second-order valence-corrected chi connectivity index (χ2v) is 7.14. The second kappa shape index (κ2) is 12.8. The zero-order chi connectivity index (χ0) is 18.1. The van der Waals surface area contributed by atoms with Crippen molar-refractivity contribution in [2.75, 3.05) is 53.0 Å². The molecule has 0 bridgehead atoms. The van der Waals surface area contributed by atoms with E-state index in [4.69, 9.17) is 21.3 Å². The van der Waals surface area contributed by atoms with Crippen LogP contribution >= 0.6 is 35.6 Å². The average Bonchev–Trinajstić information content (AvgIpc) is 2.59. The fourth-order valence-electron chi connectivity index (χ4n) is 2.98. The summed E-state index contributed by atoms with van der Waals surface area (Å²) in [6.07, 6.45) is 0. The smallest absolute Gasteiger partial charge is 0.193 e.